The molecule has 1 N–H and O–H groups in total. The zero-order valence-corrected chi connectivity index (χ0v) is 12.9. The highest BCUT2D eigenvalue weighted by Gasteiger charge is 2.11. The van der Waals surface area contributed by atoms with E-state index in [2.05, 4.69) is 5.32 Å². The lowest BCUT2D eigenvalue weighted by molar-refractivity contribution is -0.115. The summed E-state index contributed by atoms with van der Waals surface area (Å²) in [5, 5.41) is 2.78. The molecule has 0 saturated carbocycles. The predicted octanol–water partition coefficient (Wildman–Crippen LogP) is 4.80. The van der Waals surface area contributed by atoms with Crippen LogP contribution in [0.25, 0.3) is 0 Å². The highest BCUT2D eigenvalue weighted by Crippen LogP contribution is 2.29. The molecule has 3 nitrogen and oxygen atoms in total. The Morgan fingerprint density at radius 2 is 1.54 bits per heavy atom. The van der Waals surface area contributed by atoms with Crippen molar-refractivity contribution in [2.75, 3.05) is 5.32 Å². The molecule has 120 valence electrons. The maximum absolute atomic E-state index is 13.7. The number of carbonyl (C=O) groups excluding carboxylic acids is 1. The zero-order chi connectivity index (χ0) is 16.8. The number of carbonyl (C=O) groups is 1. The summed E-state index contributed by atoms with van der Waals surface area (Å²) in [5.74, 6) is 0.518. The van der Waals surface area contributed by atoms with Crippen LogP contribution in [0.3, 0.4) is 0 Å². The molecule has 3 aromatic rings. The molecule has 0 fully saturated rings. The molecule has 0 unspecified atom stereocenters. The number of amides is 1. The molecule has 0 aromatic heterocycles. The maximum Gasteiger partial charge on any atom is 0.229 e. The Labute approximate surface area is 139 Å². The molecule has 0 aliphatic rings. The normalized spacial score (nSPS) is 10.2. The summed E-state index contributed by atoms with van der Waals surface area (Å²) in [6.45, 7) is 0. The van der Waals surface area contributed by atoms with Crippen molar-refractivity contribution < 1.29 is 13.9 Å². The van der Waals surface area contributed by atoms with Crippen molar-refractivity contribution in [3.05, 3.63) is 90.2 Å². The molecule has 0 saturated heterocycles. The third kappa shape index (κ3) is 3.98. The van der Waals surface area contributed by atoms with E-state index in [1.807, 2.05) is 36.4 Å². The van der Waals surface area contributed by atoms with Gasteiger partial charge in [-0.15, -0.1) is 0 Å². The average molecular weight is 321 g/mol. The molecule has 0 radical (unpaired) electrons. The molecule has 0 spiro atoms. The minimum Gasteiger partial charge on any atom is -0.455 e. The van der Waals surface area contributed by atoms with Gasteiger partial charge in [0.1, 0.15) is 11.6 Å². The summed E-state index contributed by atoms with van der Waals surface area (Å²) in [6, 6.07) is 22.7. The van der Waals surface area contributed by atoms with Gasteiger partial charge in [-0.1, -0.05) is 48.5 Å². The van der Waals surface area contributed by atoms with Crippen LogP contribution in [0.15, 0.2) is 78.9 Å². The number of halogens is 1. The second kappa shape index (κ2) is 7.42. The van der Waals surface area contributed by atoms with E-state index in [1.54, 1.807) is 36.4 Å². The Kier molecular flexibility index (Phi) is 4.87. The van der Waals surface area contributed by atoms with Crippen molar-refractivity contribution in [3.63, 3.8) is 0 Å². The molecule has 0 heterocycles. The van der Waals surface area contributed by atoms with Crippen molar-refractivity contribution in [3.8, 4) is 11.5 Å². The van der Waals surface area contributed by atoms with Gasteiger partial charge >= 0.3 is 0 Å². The van der Waals surface area contributed by atoms with Gasteiger partial charge in [0, 0.05) is 0 Å². The monoisotopic (exact) mass is 321 g/mol. The van der Waals surface area contributed by atoms with E-state index in [1.165, 1.54) is 6.07 Å². The fraction of sp³-hybridized carbons (Fsp3) is 0.0500. The molecule has 0 aliphatic carbocycles. The molecule has 1 amide bonds. The number of para-hydroxylation sites is 3. The largest absolute Gasteiger partial charge is 0.455 e. The molecular weight excluding hydrogens is 305 g/mol. The first kappa shape index (κ1) is 15.7. The Balaban J connectivity index is 1.73. The van der Waals surface area contributed by atoms with Crippen LogP contribution in [0.2, 0.25) is 0 Å². The number of hydrogen-bond donors (Lipinski definition) is 1. The van der Waals surface area contributed by atoms with E-state index in [4.69, 9.17) is 4.74 Å². The second-order valence-electron chi connectivity index (χ2n) is 5.23. The third-order valence-electron chi connectivity index (χ3n) is 3.44. The molecule has 24 heavy (non-hydrogen) atoms. The summed E-state index contributed by atoms with van der Waals surface area (Å²) in [6.07, 6.45) is -0.0354. The van der Waals surface area contributed by atoms with Gasteiger partial charge in [0.25, 0.3) is 0 Å². The van der Waals surface area contributed by atoms with E-state index in [0.717, 1.165) is 0 Å². The smallest absolute Gasteiger partial charge is 0.229 e. The van der Waals surface area contributed by atoms with Gasteiger partial charge in [0.05, 0.1) is 12.1 Å². The number of nitrogens with one attached hydrogen (secondary N) is 1. The van der Waals surface area contributed by atoms with E-state index in [9.17, 15) is 9.18 Å². The third-order valence-corrected chi connectivity index (χ3v) is 3.44. The Morgan fingerprint density at radius 3 is 2.33 bits per heavy atom. The molecule has 0 bridgehead atoms. The van der Waals surface area contributed by atoms with Gasteiger partial charge < -0.3 is 10.1 Å². The lowest BCUT2D eigenvalue weighted by Gasteiger charge is -2.12. The van der Waals surface area contributed by atoms with E-state index in [-0.39, 0.29) is 18.1 Å². The lowest BCUT2D eigenvalue weighted by Crippen LogP contribution is -2.15. The Hall–Kier alpha value is -3.14. The SMILES string of the molecule is O=C(Cc1ccccc1F)Nc1ccccc1Oc1ccccc1. The standard InChI is InChI=1S/C20H16FNO2/c21-17-11-5-4-8-15(17)14-20(23)22-18-12-6-7-13-19(18)24-16-9-2-1-3-10-16/h1-13H,14H2,(H,22,23). The Bertz CT molecular complexity index is 834. The topological polar surface area (TPSA) is 38.3 Å². The van der Waals surface area contributed by atoms with Crippen LogP contribution in [0.1, 0.15) is 5.56 Å². The van der Waals surface area contributed by atoms with Gasteiger partial charge in [-0.3, -0.25) is 4.79 Å². The van der Waals surface area contributed by atoms with Crippen LogP contribution in [0, 0.1) is 5.82 Å². The summed E-state index contributed by atoms with van der Waals surface area (Å²) in [4.78, 5) is 12.2. The second-order valence-corrected chi connectivity index (χ2v) is 5.23. The number of benzene rings is 3. The van der Waals surface area contributed by atoms with Gasteiger partial charge in [-0.25, -0.2) is 4.39 Å². The van der Waals surface area contributed by atoms with Gasteiger partial charge in [-0.2, -0.15) is 0 Å². The van der Waals surface area contributed by atoms with Crippen LogP contribution in [-0.4, -0.2) is 5.91 Å². The lowest BCUT2D eigenvalue weighted by atomic mass is 10.1. The van der Waals surface area contributed by atoms with Crippen molar-refractivity contribution in [2.45, 2.75) is 6.42 Å². The number of anilines is 1. The summed E-state index contributed by atoms with van der Waals surface area (Å²) < 4.78 is 19.4. The molecule has 0 aliphatic heterocycles. The van der Waals surface area contributed by atoms with Crippen LogP contribution < -0.4 is 10.1 Å². The van der Waals surface area contributed by atoms with Crippen LogP contribution >= 0.6 is 0 Å². The van der Waals surface area contributed by atoms with Crippen LogP contribution in [-0.2, 0) is 11.2 Å². The number of rotatable bonds is 5. The van der Waals surface area contributed by atoms with E-state index >= 15 is 0 Å². The van der Waals surface area contributed by atoms with Gasteiger partial charge in [0.2, 0.25) is 5.91 Å². The first-order chi connectivity index (χ1) is 11.7. The number of ether oxygens (including phenoxy) is 1. The quantitative estimate of drug-likeness (QED) is 0.733. The molecule has 4 heteroatoms. The Morgan fingerprint density at radius 1 is 0.875 bits per heavy atom. The van der Waals surface area contributed by atoms with Crippen LogP contribution in [0.4, 0.5) is 10.1 Å². The first-order valence-electron chi connectivity index (χ1n) is 7.57. The van der Waals surface area contributed by atoms with Crippen molar-refractivity contribution in [1.82, 2.24) is 0 Å². The molecule has 3 rings (SSSR count). The summed E-state index contributed by atoms with van der Waals surface area (Å²) in [5.41, 5.74) is 0.902. The van der Waals surface area contributed by atoms with Crippen LogP contribution in [0.5, 0.6) is 11.5 Å². The highest BCUT2D eigenvalue weighted by atomic mass is 19.1. The highest BCUT2D eigenvalue weighted by molar-refractivity contribution is 5.93. The predicted molar refractivity (Wildman–Crippen MR) is 91.7 cm³/mol. The molecular formula is C20H16FNO2. The first-order valence-corrected chi connectivity index (χ1v) is 7.57. The summed E-state index contributed by atoms with van der Waals surface area (Å²) >= 11 is 0. The minimum absolute atomic E-state index is 0.0354. The van der Waals surface area contributed by atoms with Gasteiger partial charge in [-0.05, 0) is 35.9 Å². The van der Waals surface area contributed by atoms with E-state index < -0.39 is 0 Å². The maximum atomic E-state index is 13.7. The van der Waals surface area contributed by atoms with Gasteiger partial charge in [0.15, 0.2) is 5.75 Å². The molecule has 3 aromatic carbocycles. The zero-order valence-electron chi connectivity index (χ0n) is 12.9. The summed E-state index contributed by atoms with van der Waals surface area (Å²) in [7, 11) is 0. The molecule has 0 atom stereocenters. The minimum atomic E-state index is -0.388. The van der Waals surface area contributed by atoms with E-state index in [0.29, 0.717) is 22.7 Å². The average Bonchev–Trinajstić information content (AvgIpc) is 2.60. The fourth-order valence-corrected chi connectivity index (χ4v) is 2.28. The van der Waals surface area contributed by atoms with Crippen molar-refractivity contribution >= 4 is 11.6 Å². The van der Waals surface area contributed by atoms with Crippen molar-refractivity contribution in [2.24, 2.45) is 0 Å². The van der Waals surface area contributed by atoms with Crippen molar-refractivity contribution in [1.29, 1.82) is 0 Å². The fourth-order valence-electron chi connectivity index (χ4n) is 2.28. The number of hydrogen-bond acceptors (Lipinski definition) is 2.